The smallest absolute Gasteiger partial charge is 0.136 e. The van der Waals surface area contributed by atoms with Crippen LogP contribution in [0.1, 0.15) is 50.4 Å². The quantitative estimate of drug-likeness (QED) is 0.823. The van der Waals surface area contributed by atoms with Crippen LogP contribution in [0.4, 0.5) is 0 Å². The van der Waals surface area contributed by atoms with Crippen molar-refractivity contribution in [3.63, 3.8) is 0 Å². The number of aromatic nitrogens is 2. The molecule has 0 saturated heterocycles. The lowest BCUT2D eigenvalue weighted by Crippen LogP contribution is -2.39. The summed E-state index contributed by atoms with van der Waals surface area (Å²) in [5.41, 5.74) is 1.03. The van der Waals surface area contributed by atoms with Gasteiger partial charge in [0.05, 0.1) is 12.0 Å². The lowest BCUT2D eigenvalue weighted by Gasteiger charge is -2.38. The van der Waals surface area contributed by atoms with Gasteiger partial charge in [-0.25, -0.2) is 9.97 Å². The predicted molar refractivity (Wildman–Crippen MR) is 58.7 cm³/mol. The minimum Gasteiger partial charge on any atom is -0.395 e. The SMILES string of the molecule is CC(C)c1cnc(C2(CO)CCC2)nc1. The van der Waals surface area contributed by atoms with Gasteiger partial charge in [0.25, 0.3) is 0 Å². The summed E-state index contributed by atoms with van der Waals surface area (Å²) < 4.78 is 0. The van der Waals surface area contributed by atoms with Crippen LogP contribution >= 0.6 is 0 Å². The van der Waals surface area contributed by atoms with Crippen molar-refractivity contribution in [1.29, 1.82) is 0 Å². The summed E-state index contributed by atoms with van der Waals surface area (Å²) in [5.74, 6) is 1.28. The van der Waals surface area contributed by atoms with Crippen molar-refractivity contribution in [3.05, 3.63) is 23.8 Å². The number of hydrogen-bond donors (Lipinski definition) is 1. The molecule has 0 spiro atoms. The molecular weight excluding hydrogens is 188 g/mol. The molecule has 1 N–H and O–H groups in total. The van der Waals surface area contributed by atoms with Crippen molar-refractivity contribution in [2.75, 3.05) is 6.61 Å². The molecule has 0 amide bonds. The second-order valence-corrected chi connectivity index (χ2v) is 4.79. The molecule has 3 heteroatoms. The van der Waals surface area contributed by atoms with Gasteiger partial charge in [-0.05, 0) is 24.3 Å². The third-order valence-corrected chi connectivity index (χ3v) is 3.43. The molecule has 1 aromatic rings. The first-order valence-electron chi connectivity index (χ1n) is 5.61. The van der Waals surface area contributed by atoms with Crippen LogP contribution in [0.15, 0.2) is 12.4 Å². The first-order chi connectivity index (χ1) is 7.18. The second-order valence-electron chi connectivity index (χ2n) is 4.79. The van der Waals surface area contributed by atoms with Crippen LogP contribution in [0.2, 0.25) is 0 Å². The number of rotatable bonds is 3. The Kier molecular flexibility index (Phi) is 2.74. The molecule has 1 fully saturated rings. The topological polar surface area (TPSA) is 46.0 Å². The molecule has 0 aliphatic heterocycles. The van der Waals surface area contributed by atoms with Crippen LogP contribution in [0.5, 0.6) is 0 Å². The van der Waals surface area contributed by atoms with Crippen molar-refractivity contribution >= 4 is 0 Å². The lowest BCUT2D eigenvalue weighted by atomic mass is 9.69. The van der Waals surface area contributed by atoms with E-state index in [1.54, 1.807) is 0 Å². The zero-order valence-corrected chi connectivity index (χ0v) is 9.40. The predicted octanol–water partition coefficient (Wildman–Crippen LogP) is 2.01. The van der Waals surface area contributed by atoms with Crippen LogP contribution < -0.4 is 0 Å². The summed E-state index contributed by atoms with van der Waals surface area (Å²) >= 11 is 0. The Labute approximate surface area is 90.6 Å². The molecule has 82 valence electrons. The fraction of sp³-hybridized carbons (Fsp3) is 0.667. The summed E-state index contributed by atoms with van der Waals surface area (Å²) in [7, 11) is 0. The van der Waals surface area contributed by atoms with Crippen molar-refractivity contribution in [1.82, 2.24) is 9.97 Å². The third kappa shape index (κ3) is 1.76. The Morgan fingerprint density at radius 3 is 2.27 bits per heavy atom. The molecule has 1 heterocycles. The van der Waals surface area contributed by atoms with E-state index in [1.165, 1.54) is 6.42 Å². The van der Waals surface area contributed by atoms with Crippen molar-refractivity contribution in [2.24, 2.45) is 0 Å². The highest BCUT2D eigenvalue weighted by Gasteiger charge is 2.40. The van der Waals surface area contributed by atoms with E-state index < -0.39 is 0 Å². The minimum atomic E-state index is -0.129. The Hall–Kier alpha value is -0.960. The third-order valence-electron chi connectivity index (χ3n) is 3.43. The maximum absolute atomic E-state index is 9.39. The van der Waals surface area contributed by atoms with Crippen LogP contribution in [0.25, 0.3) is 0 Å². The molecule has 1 aliphatic rings. The highest BCUT2D eigenvalue weighted by atomic mass is 16.3. The summed E-state index contributed by atoms with van der Waals surface area (Å²) in [4.78, 5) is 8.79. The fourth-order valence-corrected chi connectivity index (χ4v) is 1.97. The first kappa shape index (κ1) is 10.6. The Bertz CT molecular complexity index is 322. The van der Waals surface area contributed by atoms with E-state index in [0.717, 1.165) is 24.2 Å². The van der Waals surface area contributed by atoms with Gasteiger partial charge in [-0.15, -0.1) is 0 Å². The van der Waals surface area contributed by atoms with E-state index in [2.05, 4.69) is 23.8 Å². The lowest BCUT2D eigenvalue weighted by molar-refractivity contribution is 0.112. The van der Waals surface area contributed by atoms with Gasteiger partial charge >= 0.3 is 0 Å². The number of nitrogens with zero attached hydrogens (tertiary/aromatic N) is 2. The molecule has 0 atom stereocenters. The van der Waals surface area contributed by atoms with Gasteiger partial charge in [-0.3, -0.25) is 0 Å². The molecular formula is C12H18N2O. The molecule has 15 heavy (non-hydrogen) atoms. The van der Waals surface area contributed by atoms with Gasteiger partial charge in [0.2, 0.25) is 0 Å². The number of hydrogen-bond acceptors (Lipinski definition) is 3. The van der Waals surface area contributed by atoms with Crippen molar-refractivity contribution in [3.8, 4) is 0 Å². The molecule has 1 aliphatic carbocycles. The van der Waals surface area contributed by atoms with Crippen LogP contribution in [0, 0.1) is 0 Å². The highest BCUT2D eigenvalue weighted by molar-refractivity contribution is 5.17. The van der Waals surface area contributed by atoms with E-state index in [0.29, 0.717) is 5.92 Å². The maximum atomic E-state index is 9.39. The zero-order chi connectivity index (χ0) is 10.9. The minimum absolute atomic E-state index is 0.129. The van der Waals surface area contributed by atoms with E-state index in [9.17, 15) is 5.11 Å². The maximum Gasteiger partial charge on any atom is 0.136 e. The average Bonchev–Trinajstić information content (AvgIpc) is 2.18. The van der Waals surface area contributed by atoms with Crippen LogP contribution in [-0.4, -0.2) is 21.7 Å². The molecule has 2 rings (SSSR count). The van der Waals surface area contributed by atoms with Gasteiger partial charge in [0, 0.05) is 12.4 Å². The molecule has 1 saturated carbocycles. The van der Waals surface area contributed by atoms with E-state index in [1.807, 2.05) is 12.4 Å². The second kappa shape index (κ2) is 3.89. The van der Waals surface area contributed by atoms with Gasteiger partial charge < -0.3 is 5.11 Å². The van der Waals surface area contributed by atoms with Gasteiger partial charge in [-0.1, -0.05) is 20.3 Å². The number of aliphatic hydroxyl groups excluding tert-OH is 1. The Morgan fingerprint density at radius 2 is 1.93 bits per heavy atom. The van der Waals surface area contributed by atoms with Crippen molar-refractivity contribution in [2.45, 2.75) is 44.4 Å². The van der Waals surface area contributed by atoms with E-state index in [-0.39, 0.29) is 12.0 Å². The van der Waals surface area contributed by atoms with E-state index >= 15 is 0 Å². The molecule has 0 unspecified atom stereocenters. The Balaban J connectivity index is 2.23. The van der Waals surface area contributed by atoms with Crippen LogP contribution in [-0.2, 0) is 5.41 Å². The summed E-state index contributed by atoms with van der Waals surface area (Å²) in [5, 5.41) is 9.39. The Morgan fingerprint density at radius 1 is 1.33 bits per heavy atom. The van der Waals surface area contributed by atoms with Crippen LogP contribution in [0.3, 0.4) is 0 Å². The van der Waals surface area contributed by atoms with Gasteiger partial charge in [-0.2, -0.15) is 0 Å². The van der Waals surface area contributed by atoms with Gasteiger partial charge in [0.1, 0.15) is 5.82 Å². The molecule has 0 aromatic carbocycles. The largest absolute Gasteiger partial charge is 0.395 e. The van der Waals surface area contributed by atoms with Gasteiger partial charge in [0.15, 0.2) is 0 Å². The van der Waals surface area contributed by atoms with Crippen molar-refractivity contribution < 1.29 is 5.11 Å². The standard InChI is InChI=1S/C12H18N2O/c1-9(2)10-6-13-11(14-7-10)12(8-15)4-3-5-12/h6-7,9,15H,3-5,8H2,1-2H3. The summed E-state index contributed by atoms with van der Waals surface area (Å²) in [6.07, 6.45) is 7.00. The highest BCUT2D eigenvalue weighted by Crippen LogP contribution is 2.41. The fourth-order valence-electron chi connectivity index (χ4n) is 1.97. The summed E-state index contributed by atoms with van der Waals surface area (Å²) in [6.45, 7) is 4.43. The normalized spacial score (nSPS) is 18.9. The average molecular weight is 206 g/mol. The molecule has 3 nitrogen and oxygen atoms in total. The first-order valence-corrected chi connectivity index (χ1v) is 5.61. The number of aliphatic hydroxyl groups is 1. The van der Waals surface area contributed by atoms with E-state index in [4.69, 9.17) is 0 Å². The molecule has 0 radical (unpaired) electrons. The monoisotopic (exact) mass is 206 g/mol. The zero-order valence-electron chi connectivity index (χ0n) is 9.40. The summed E-state index contributed by atoms with van der Waals surface area (Å²) in [6, 6.07) is 0. The molecule has 0 bridgehead atoms. The molecule has 1 aromatic heterocycles.